The summed E-state index contributed by atoms with van der Waals surface area (Å²) in [6, 6.07) is 6.78. The molecular formula is C17H18ClN3O2. The molecule has 23 heavy (non-hydrogen) atoms. The minimum atomic E-state index is -0.340. The maximum Gasteiger partial charge on any atom is 0.257 e. The molecule has 0 radical (unpaired) electrons. The van der Waals surface area contributed by atoms with Gasteiger partial charge in [-0.05, 0) is 37.1 Å². The van der Waals surface area contributed by atoms with Crippen LogP contribution in [-0.2, 0) is 0 Å². The van der Waals surface area contributed by atoms with Gasteiger partial charge in [-0.1, -0.05) is 24.6 Å². The second-order valence-electron chi connectivity index (χ2n) is 5.13. The van der Waals surface area contributed by atoms with Crippen LogP contribution in [0.1, 0.15) is 39.6 Å². The number of benzene rings is 1. The smallest absolute Gasteiger partial charge is 0.257 e. The molecule has 0 aliphatic rings. The summed E-state index contributed by atoms with van der Waals surface area (Å²) in [4.78, 5) is 28.2. The van der Waals surface area contributed by atoms with Crippen LogP contribution in [0.2, 0.25) is 5.02 Å². The van der Waals surface area contributed by atoms with Crippen molar-refractivity contribution in [1.29, 1.82) is 0 Å². The molecule has 0 atom stereocenters. The Kier molecular flexibility index (Phi) is 5.71. The summed E-state index contributed by atoms with van der Waals surface area (Å²) < 4.78 is 0. The van der Waals surface area contributed by atoms with Crippen LogP contribution in [0.4, 0.5) is 5.69 Å². The Morgan fingerprint density at radius 3 is 2.52 bits per heavy atom. The molecule has 2 aromatic rings. The summed E-state index contributed by atoms with van der Waals surface area (Å²) in [7, 11) is 0. The van der Waals surface area contributed by atoms with E-state index in [1.165, 1.54) is 18.5 Å². The Morgan fingerprint density at radius 2 is 1.83 bits per heavy atom. The Labute approximate surface area is 140 Å². The second kappa shape index (κ2) is 7.74. The quantitative estimate of drug-likeness (QED) is 0.881. The van der Waals surface area contributed by atoms with E-state index in [0.29, 0.717) is 28.4 Å². The molecule has 0 fully saturated rings. The predicted molar refractivity (Wildman–Crippen MR) is 91.0 cm³/mol. The molecule has 1 aromatic carbocycles. The summed E-state index contributed by atoms with van der Waals surface area (Å²) in [6.07, 6.45) is 3.70. The number of amides is 2. The van der Waals surface area contributed by atoms with Crippen molar-refractivity contribution in [2.45, 2.75) is 20.3 Å². The molecule has 0 saturated heterocycles. The van der Waals surface area contributed by atoms with Gasteiger partial charge in [-0.2, -0.15) is 0 Å². The number of nitrogens with zero attached hydrogens (tertiary/aromatic N) is 1. The normalized spacial score (nSPS) is 10.2. The highest BCUT2D eigenvalue weighted by atomic mass is 35.5. The molecule has 120 valence electrons. The number of halogens is 1. The Morgan fingerprint density at radius 1 is 1.13 bits per heavy atom. The lowest BCUT2D eigenvalue weighted by Gasteiger charge is -2.09. The van der Waals surface area contributed by atoms with Gasteiger partial charge in [0.05, 0.1) is 11.1 Å². The van der Waals surface area contributed by atoms with Crippen LogP contribution in [0.15, 0.2) is 36.7 Å². The molecule has 0 spiro atoms. The second-order valence-corrected chi connectivity index (χ2v) is 5.57. The van der Waals surface area contributed by atoms with Gasteiger partial charge in [0.25, 0.3) is 11.8 Å². The highest BCUT2D eigenvalue weighted by Gasteiger charge is 2.12. The van der Waals surface area contributed by atoms with E-state index in [0.717, 1.165) is 12.0 Å². The Bertz CT molecular complexity index is 732. The van der Waals surface area contributed by atoms with Gasteiger partial charge < -0.3 is 10.6 Å². The van der Waals surface area contributed by atoms with Crippen molar-refractivity contribution < 1.29 is 9.59 Å². The van der Waals surface area contributed by atoms with Crippen molar-refractivity contribution in [2.75, 3.05) is 11.9 Å². The molecule has 5 nitrogen and oxygen atoms in total. The molecule has 0 saturated carbocycles. The number of carbonyl (C=O) groups is 2. The molecule has 6 heteroatoms. The van der Waals surface area contributed by atoms with Gasteiger partial charge in [-0.3, -0.25) is 14.6 Å². The average molecular weight is 332 g/mol. The van der Waals surface area contributed by atoms with Gasteiger partial charge in [0.1, 0.15) is 0 Å². The third-order valence-electron chi connectivity index (χ3n) is 3.25. The summed E-state index contributed by atoms with van der Waals surface area (Å²) in [6.45, 7) is 4.42. The van der Waals surface area contributed by atoms with Crippen molar-refractivity contribution >= 4 is 29.1 Å². The van der Waals surface area contributed by atoms with E-state index >= 15 is 0 Å². The van der Waals surface area contributed by atoms with Crippen LogP contribution in [0.25, 0.3) is 0 Å². The number of carbonyl (C=O) groups excluding carboxylic acids is 2. The van der Waals surface area contributed by atoms with E-state index in [4.69, 9.17) is 11.6 Å². The first kappa shape index (κ1) is 17.0. The SMILES string of the molecule is CCCNC(=O)c1cncc(C(=O)Nc2cc(Cl)ccc2C)c1. The number of hydrogen-bond donors (Lipinski definition) is 2. The minimum Gasteiger partial charge on any atom is -0.352 e. The average Bonchev–Trinajstić information content (AvgIpc) is 2.56. The van der Waals surface area contributed by atoms with Crippen LogP contribution in [0, 0.1) is 6.92 Å². The third-order valence-corrected chi connectivity index (χ3v) is 3.48. The number of pyridine rings is 1. The number of aryl methyl sites for hydroxylation is 1. The van der Waals surface area contributed by atoms with Gasteiger partial charge in [0.15, 0.2) is 0 Å². The van der Waals surface area contributed by atoms with Gasteiger partial charge in [0.2, 0.25) is 0 Å². The zero-order chi connectivity index (χ0) is 16.8. The van der Waals surface area contributed by atoms with Crippen molar-refractivity contribution in [3.05, 3.63) is 58.4 Å². The van der Waals surface area contributed by atoms with E-state index in [1.54, 1.807) is 12.1 Å². The van der Waals surface area contributed by atoms with E-state index in [2.05, 4.69) is 15.6 Å². The zero-order valence-corrected chi connectivity index (χ0v) is 13.8. The first-order valence-corrected chi connectivity index (χ1v) is 7.69. The van der Waals surface area contributed by atoms with Gasteiger partial charge in [0, 0.05) is 29.6 Å². The fourth-order valence-electron chi connectivity index (χ4n) is 1.95. The Hall–Kier alpha value is -2.40. The number of hydrogen-bond acceptors (Lipinski definition) is 3. The molecule has 0 unspecified atom stereocenters. The molecule has 2 rings (SSSR count). The summed E-state index contributed by atoms with van der Waals surface area (Å²) in [5.41, 5.74) is 2.19. The fourth-order valence-corrected chi connectivity index (χ4v) is 2.12. The first-order chi connectivity index (χ1) is 11.0. The highest BCUT2D eigenvalue weighted by Crippen LogP contribution is 2.20. The molecule has 1 aromatic heterocycles. The van der Waals surface area contributed by atoms with Gasteiger partial charge in [-0.15, -0.1) is 0 Å². The predicted octanol–water partition coefficient (Wildman–Crippen LogP) is 3.44. The van der Waals surface area contributed by atoms with Crippen LogP contribution >= 0.6 is 11.6 Å². The molecular weight excluding hydrogens is 314 g/mol. The standard InChI is InChI=1S/C17H18ClN3O2/c1-3-6-20-16(22)12-7-13(10-19-9-12)17(23)21-15-8-14(18)5-4-11(15)2/h4-5,7-10H,3,6H2,1-2H3,(H,20,22)(H,21,23). The largest absolute Gasteiger partial charge is 0.352 e. The number of rotatable bonds is 5. The number of anilines is 1. The monoisotopic (exact) mass is 331 g/mol. The van der Waals surface area contributed by atoms with Crippen LogP contribution in [-0.4, -0.2) is 23.3 Å². The van der Waals surface area contributed by atoms with E-state index in [-0.39, 0.29) is 11.8 Å². The summed E-state index contributed by atoms with van der Waals surface area (Å²) >= 11 is 5.94. The molecule has 0 aliphatic heterocycles. The molecule has 0 bridgehead atoms. The zero-order valence-electron chi connectivity index (χ0n) is 13.0. The van der Waals surface area contributed by atoms with Gasteiger partial charge >= 0.3 is 0 Å². The highest BCUT2D eigenvalue weighted by molar-refractivity contribution is 6.31. The van der Waals surface area contributed by atoms with Crippen molar-refractivity contribution in [3.63, 3.8) is 0 Å². The number of nitrogens with one attached hydrogen (secondary N) is 2. The van der Waals surface area contributed by atoms with Gasteiger partial charge in [-0.25, -0.2) is 0 Å². The molecule has 2 N–H and O–H groups in total. The van der Waals surface area contributed by atoms with E-state index in [9.17, 15) is 9.59 Å². The van der Waals surface area contributed by atoms with Crippen LogP contribution < -0.4 is 10.6 Å². The lowest BCUT2D eigenvalue weighted by molar-refractivity contribution is 0.0953. The van der Waals surface area contributed by atoms with Crippen molar-refractivity contribution in [3.8, 4) is 0 Å². The Balaban J connectivity index is 2.16. The molecule has 0 aliphatic carbocycles. The van der Waals surface area contributed by atoms with E-state index < -0.39 is 0 Å². The first-order valence-electron chi connectivity index (χ1n) is 7.32. The van der Waals surface area contributed by atoms with E-state index in [1.807, 2.05) is 19.9 Å². The third kappa shape index (κ3) is 4.53. The molecule has 2 amide bonds. The maximum atomic E-state index is 12.3. The lowest BCUT2D eigenvalue weighted by atomic mass is 10.1. The summed E-state index contributed by atoms with van der Waals surface area (Å²) in [5.74, 6) is -0.582. The van der Waals surface area contributed by atoms with Crippen LogP contribution in [0.5, 0.6) is 0 Å². The lowest BCUT2D eigenvalue weighted by Crippen LogP contribution is -2.24. The van der Waals surface area contributed by atoms with Crippen molar-refractivity contribution in [1.82, 2.24) is 10.3 Å². The minimum absolute atomic E-state index is 0.243. The summed E-state index contributed by atoms with van der Waals surface area (Å²) in [5, 5.41) is 6.07. The number of aromatic nitrogens is 1. The van der Waals surface area contributed by atoms with Crippen molar-refractivity contribution in [2.24, 2.45) is 0 Å². The maximum absolute atomic E-state index is 12.3. The van der Waals surface area contributed by atoms with Crippen LogP contribution in [0.3, 0.4) is 0 Å². The molecule has 1 heterocycles. The fraction of sp³-hybridized carbons (Fsp3) is 0.235. The topological polar surface area (TPSA) is 71.1 Å².